The zero-order chi connectivity index (χ0) is 20.5. The SMILES string of the molecule is CN=C(NCc1cccc(C(N)=O)c1)NCc1cc(OC)ccc1OC(F)F. The number of primary amides is 1. The number of rotatable bonds is 8. The van der Waals surface area contributed by atoms with Crippen LogP contribution in [0, 0.1) is 0 Å². The maximum Gasteiger partial charge on any atom is 0.387 e. The van der Waals surface area contributed by atoms with Gasteiger partial charge in [0.15, 0.2) is 5.96 Å². The smallest absolute Gasteiger partial charge is 0.387 e. The van der Waals surface area contributed by atoms with Gasteiger partial charge in [0.1, 0.15) is 11.5 Å². The summed E-state index contributed by atoms with van der Waals surface area (Å²) in [6.07, 6.45) is 0. The van der Waals surface area contributed by atoms with Crippen molar-refractivity contribution in [3.63, 3.8) is 0 Å². The van der Waals surface area contributed by atoms with E-state index in [4.69, 9.17) is 10.5 Å². The minimum Gasteiger partial charge on any atom is -0.497 e. The Morgan fingerprint density at radius 1 is 1.18 bits per heavy atom. The van der Waals surface area contributed by atoms with E-state index in [0.29, 0.717) is 29.4 Å². The molecule has 0 bridgehead atoms. The van der Waals surface area contributed by atoms with Crippen LogP contribution < -0.4 is 25.8 Å². The topological polar surface area (TPSA) is 98.0 Å². The fraction of sp³-hybridized carbons (Fsp3) is 0.263. The van der Waals surface area contributed by atoms with Crippen molar-refractivity contribution < 1.29 is 23.0 Å². The maximum absolute atomic E-state index is 12.6. The van der Waals surface area contributed by atoms with Crippen LogP contribution in [-0.4, -0.2) is 32.6 Å². The van der Waals surface area contributed by atoms with Crippen LogP contribution in [0.4, 0.5) is 8.78 Å². The highest BCUT2D eigenvalue weighted by atomic mass is 19.3. The van der Waals surface area contributed by atoms with E-state index in [2.05, 4.69) is 20.4 Å². The van der Waals surface area contributed by atoms with Crippen LogP contribution in [0.25, 0.3) is 0 Å². The Labute approximate surface area is 161 Å². The van der Waals surface area contributed by atoms with Crippen LogP contribution >= 0.6 is 0 Å². The molecule has 0 fully saturated rings. The number of carbonyl (C=O) groups excluding carboxylic acids is 1. The van der Waals surface area contributed by atoms with E-state index in [0.717, 1.165) is 5.56 Å². The van der Waals surface area contributed by atoms with Gasteiger partial charge in [-0.05, 0) is 35.9 Å². The summed E-state index contributed by atoms with van der Waals surface area (Å²) in [4.78, 5) is 15.3. The standard InChI is InChI=1S/C19H22F2N4O3/c1-23-19(24-10-12-4-3-5-13(8-12)17(22)26)25-11-14-9-15(27-2)6-7-16(14)28-18(20)21/h3-9,18H,10-11H2,1-2H3,(H2,22,26)(H2,23,24,25). The van der Waals surface area contributed by atoms with Crippen molar-refractivity contribution in [2.45, 2.75) is 19.7 Å². The zero-order valence-electron chi connectivity index (χ0n) is 15.5. The van der Waals surface area contributed by atoms with Crippen molar-refractivity contribution >= 4 is 11.9 Å². The quantitative estimate of drug-likeness (QED) is 0.473. The summed E-state index contributed by atoms with van der Waals surface area (Å²) in [5.74, 6) is 0.502. The van der Waals surface area contributed by atoms with Crippen molar-refractivity contribution in [2.24, 2.45) is 10.7 Å². The molecule has 0 unspecified atom stereocenters. The molecule has 4 N–H and O–H groups in total. The first-order valence-electron chi connectivity index (χ1n) is 8.38. The largest absolute Gasteiger partial charge is 0.497 e. The Morgan fingerprint density at radius 2 is 1.93 bits per heavy atom. The number of hydrogen-bond acceptors (Lipinski definition) is 4. The van der Waals surface area contributed by atoms with Gasteiger partial charge < -0.3 is 25.8 Å². The lowest BCUT2D eigenvalue weighted by atomic mass is 10.1. The van der Waals surface area contributed by atoms with Crippen molar-refractivity contribution in [3.8, 4) is 11.5 Å². The molecule has 0 aromatic heterocycles. The van der Waals surface area contributed by atoms with Gasteiger partial charge in [-0.1, -0.05) is 12.1 Å². The molecule has 0 radical (unpaired) electrons. The first-order chi connectivity index (χ1) is 13.4. The first kappa shape index (κ1) is 20.9. The maximum atomic E-state index is 12.6. The second-order valence-corrected chi connectivity index (χ2v) is 5.70. The van der Waals surface area contributed by atoms with Crippen molar-refractivity contribution in [1.29, 1.82) is 0 Å². The summed E-state index contributed by atoms with van der Waals surface area (Å²) in [5.41, 5.74) is 7.01. The summed E-state index contributed by atoms with van der Waals surface area (Å²) in [6, 6.07) is 11.5. The highest BCUT2D eigenvalue weighted by Crippen LogP contribution is 2.25. The predicted molar refractivity (Wildman–Crippen MR) is 102 cm³/mol. The lowest BCUT2D eigenvalue weighted by Crippen LogP contribution is -2.36. The highest BCUT2D eigenvalue weighted by molar-refractivity contribution is 5.92. The van der Waals surface area contributed by atoms with Crippen molar-refractivity contribution in [2.75, 3.05) is 14.2 Å². The molecule has 1 amide bonds. The summed E-state index contributed by atoms with van der Waals surface area (Å²) >= 11 is 0. The number of alkyl halides is 2. The Hall–Kier alpha value is -3.36. The number of nitrogens with zero attached hydrogens (tertiary/aromatic N) is 1. The van der Waals surface area contributed by atoms with Gasteiger partial charge in [0.05, 0.1) is 7.11 Å². The Morgan fingerprint density at radius 3 is 2.57 bits per heavy atom. The van der Waals surface area contributed by atoms with Crippen LogP contribution in [0.2, 0.25) is 0 Å². The minimum absolute atomic E-state index is 0.0490. The number of guanidine groups is 1. The molecule has 2 rings (SSSR count). The third-order valence-corrected chi connectivity index (χ3v) is 3.83. The Balaban J connectivity index is 2.02. The lowest BCUT2D eigenvalue weighted by Gasteiger charge is -2.15. The summed E-state index contributed by atoms with van der Waals surface area (Å²) in [6.45, 7) is -2.36. The second kappa shape index (κ2) is 10.1. The molecule has 2 aromatic rings. The van der Waals surface area contributed by atoms with Gasteiger partial charge in [0.25, 0.3) is 0 Å². The van der Waals surface area contributed by atoms with Gasteiger partial charge in [0.2, 0.25) is 5.91 Å². The van der Waals surface area contributed by atoms with Crippen LogP contribution in [0.3, 0.4) is 0 Å². The number of halogens is 2. The average Bonchev–Trinajstić information content (AvgIpc) is 2.68. The van der Waals surface area contributed by atoms with E-state index in [1.807, 2.05) is 6.07 Å². The van der Waals surface area contributed by atoms with Crippen molar-refractivity contribution in [1.82, 2.24) is 10.6 Å². The van der Waals surface area contributed by atoms with Crippen LogP contribution in [0.1, 0.15) is 21.5 Å². The highest BCUT2D eigenvalue weighted by Gasteiger charge is 2.12. The summed E-state index contributed by atoms with van der Waals surface area (Å²) < 4.78 is 34.9. The predicted octanol–water partition coefficient (Wildman–Crippen LogP) is 2.26. The first-order valence-corrected chi connectivity index (χ1v) is 8.38. The molecule has 0 saturated heterocycles. The number of amides is 1. The minimum atomic E-state index is -2.93. The van der Waals surface area contributed by atoms with E-state index in [1.54, 1.807) is 37.4 Å². The normalized spacial score (nSPS) is 11.2. The third kappa shape index (κ3) is 6.11. The summed E-state index contributed by atoms with van der Waals surface area (Å²) in [5, 5.41) is 6.10. The number of methoxy groups -OCH3 is 1. The van der Waals surface area contributed by atoms with E-state index in [-0.39, 0.29) is 12.3 Å². The molecule has 0 saturated carbocycles. The van der Waals surface area contributed by atoms with Gasteiger partial charge in [0, 0.05) is 31.3 Å². The molecule has 0 heterocycles. The third-order valence-electron chi connectivity index (χ3n) is 3.83. The number of hydrogen-bond donors (Lipinski definition) is 3. The van der Waals surface area contributed by atoms with Gasteiger partial charge >= 0.3 is 6.61 Å². The second-order valence-electron chi connectivity index (χ2n) is 5.70. The Kier molecular flexibility index (Phi) is 7.55. The van der Waals surface area contributed by atoms with Crippen LogP contribution in [0.5, 0.6) is 11.5 Å². The van der Waals surface area contributed by atoms with Gasteiger partial charge in [-0.25, -0.2) is 0 Å². The fourth-order valence-corrected chi connectivity index (χ4v) is 2.45. The average molecular weight is 392 g/mol. The molecule has 150 valence electrons. The fourth-order valence-electron chi connectivity index (χ4n) is 2.45. The van der Waals surface area contributed by atoms with Gasteiger partial charge in [-0.15, -0.1) is 0 Å². The zero-order valence-corrected chi connectivity index (χ0v) is 15.5. The molecule has 2 aromatic carbocycles. The molecule has 0 aliphatic carbocycles. The summed E-state index contributed by atoms with van der Waals surface area (Å²) in [7, 11) is 3.07. The lowest BCUT2D eigenvalue weighted by molar-refractivity contribution is -0.0505. The monoisotopic (exact) mass is 392 g/mol. The van der Waals surface area contributed by atoms with Crippen molar-refractivity contribution in [3.05, 3.63) is 59.2 Å². The van der Waals surface area contributed by atoms with Gasteiger partial charge in [-0.2, -0.15) is 8.78 Å². The molecule has 0 spiro atoms. The van der Waals surface area contributed by atoms with Crippen LogP contribution in [0.15, 0.2) is 47.5 Å². The number of nitrogens with two attached hydrogens (primary N) is 1. The van der Waals surface area contributed by atoms with E-state index < -0.39 is 12.5 Å². The number of carbonyl (C=O) groups is 1. The Bertz CT molecular complexity index is 844. The number of ether oxygens (including phenoxy) is 2. The number of benzene rings is 2. The molecule has 0 aliphatic heterocycles. The van der Waals surface area contributed by atoms with E-state index >= 15 is 0 Å². The van der Waals surface area contributed by atoms with Gasteiger partial charge in [-0.3, -0.25) is 9.79 Å². The van der Waals surface area contributed by atoms with E-state index in [1.165, 1.54) is 13.2 Å². The molecule has 0 atom stereocenters. The van der Waals surface area contributed by atoms with E-state index in [9.17, 15) is 13.6 Å². The number of nitrogens with one attached hydrogen (secondary N) is 2. The number of aliphatic imine (C=N–C) groups is 1. The molecule has 0 aliphatic rings. The molecule has 28 heavy (non-hydrogen) atoms. The molecule has 7 nitrogen and oxygen atoms in total. The van der Waals surface area contributed by atoms with Crippen LogP contribution in [-0.2, 0) is 13.1 Å². The molecule has 9 heteroatoms. The molecular formula is C19H22F2N4O3. The molecular weight excluding hydrogens is 370 g/mol.